The molecule has 0 spiro atoms. The number of esters is 1. The number of rotatable bonds is 14. The third-order valence-corrected chi connectivity index (χ3v) is 5.16. The second kappa shape index (κ2) is 13.9. The van der Waals surface area contributed by atoms with Gasteiger partial charge in [-0.25, -0.2) is 4.79 Å². The molecule has 29 heavy (non-hydrogen) atoms. The van der Waals surface area contributed by atoms with E-state index in [0.717, 1.165) is 18.4 Å². The lowest BCUT2D eigenvalue weighted by Crippen LogP contribution is -2.33. The molecule has 0 aliphatic carbocycles. The molecule has 0 fully saturated rings. The average molecular weight is 409 g/mol. The number of unbranched alkanes of at least 4 members (excludes halogenated alkanes) is 2. The van der Waals surface area contributed by atoms with E-state index in [9.17, 15) is 9.59 Å². The van der Waals surface area contributed by atoms with Crippen molar-refractivity contribution in [2.45, 2.75) is 72.5 Å². The van der Waals surface area contributed by atoms with Crippen LogP contribution < -0.4 is 5.32 Å². The number of hydrogen-bond donors (Lipinski definition) is 1. The van der Waals surface area contributed by atoms with Gasteiger partial charge in [-0.05, 0) is 55.7 Å². The van der Waals surface area contributed by atoms with Gasteiger partial charge in [0, 0.05) is 25.4 Å². The number of aromatic nitrogens is 1. The first-order chi connectivity index (χ1) is 13.8. The predicted molar refractivity (Wildman–Crippen MR) is 111 cm³/mol. The molecule has 1 rings (SSSR count). The van der Waals surface area contributed by atoms with Gasteiger partial charge in [-0.1, -0.05) is 20.8 Å². The number of nitrogens with zero attached hydrogens (tertiary/aromatic N) is 1. The number of hydrogen-bond acceptors (Lipinski definition) is 6. The van der Waals surface area contributed by atoms with Gasteiger partial charge in [0.2, 0.25) is 0 Å². The molecule has 1 aromatic heterocycles. The summed E-state index contributed by atoms with van der Waals surface area (Å²) in [6, 6.07) is 3.63. The number of pyridine rings is 1. The van der Waals surface area contributed by atoms with Crippen LogP contribution >= 0.6 is 0 Å². The molecule has 0 bridgehead atoms. The lowest BCUT2D eigenvalue weighted by molar-refractivity contribution is -0.145. The first kappa shape index (κ1) is 24.9. The van der Waals surface area contributed by atoms with E-state index in [1.807, 2.05) is 12.1 Å². The van der Waals surface area contributed by atoms with Crippen molar-refractivity contribution in [2.75, 3.05) is 19.8 Å². The van der Waals surface area contributed by atoms with Crippen LogP contribution in [0.3, 0.4) is 0 Å². The molecule has 1 unspecified atom stereocenters. The zero-order chi connectivity index (χ0) is 21.5. The van der Waals surface area contributed by atoms with Crippen LogP contribution in [-0.4, -0.2) is 42.9 Å². The number of carbonyl (C=O) groups excluding carboxylic acids is 2. The van der Waals surface area contributed by atoms with Gasteiger partial charge in [0.05, 0.1) is 19.3 Å². The molecule has 0 saturated heterocycles. The molecule has 1 amide bonds. The molecular formula is C22H36N2O5. The van der Waals surface area contributed by atoms with E-state index in [1.165, 1.54) is 0 Å². The topological polar surface area (TPSA) is 86.8 Å². The molecule has 0 aliphatic rings. The number of amides is 1. The van der Waals surface area contributed by atoms with Gasteiger partial charge in [-0.3, -0.25) is 9.78 Å². The fourth-order valence-electron chi connectivity index (χ4n) is 2.38. The second-order valence-electron chi connectivity index (χ2n) is 7.74. The van der Waals surface area contributed by atoms with Crippen molar-refractivity contribution in [3.05, 3.63) is 30.1 Å². The summed E-state index contributed by atoms with van der Waals surface area (Å²) in [4.78, 5) is 27.2. The Bertz CT molecular complexity index is 592. The van der Waals surface area contributed by atoms with Crippen LogP contribution in [0.5, 0.6) is 0 Å². The second-order valence-corrected chi connectivity index (χ2v) is 7.74. The smallest absolute Gasteiger partial charge is 0.407 e. The molecule has 1 atom stereocenters. The summed E-state index contributed by atoms with van der Waals surface area (Å²) < 4.78 is 16.1. The van der Waals surface area contributed by atoms with Gasteiger partial charge in [0.25, 0.3) is 0 Å². The Morgan fingerprint density at radius 1 is 1.10 bits per heavy atom. The van der Waals surface area contributed by atoms with Crippen LogP contribution in [0.1, 0.15) is 65.4 Å². The lowest BCUT2D eigenvalue weighted by Gasteiger charge is -2.30. The predicted octanol–water partition coefficient (Wildman–Crippen LogP) is 4.25. The minimum atomic E-state index is -0.437. The van der Waals surface area contributed by atoms with Crippen molar-refractivity contribution in [3.63, 3.8) is 0 Å². The summed E-state index contributed by atoms with van der Waals surface area (Å²) in [5.74, 6) is -0.221. The third-order valence-electron chi connectivity index (χ3n) is 5.16. The van der Waals surface area contributed by atoms with Crippen LogP contribution in [0.25, 0.3) is 0 Å². The van der Waals surface area contributed by atoms with E-state index in [-0.39, 0.29) is 24.1 Å². The molecule has 7 heteroatoms. The van der Waals surface area contributed by atoms with Crippen molar-refractivity contribution < 1.29 is 23.8 Å². The van der Waals surface area contributed by atoms with Crippen molar-refractivity contribution >= 4 is 12.1 Å². The Kier molecular flexibility index (Phi) is 12.0. The van der Waals surface area contributed by atoms with Crippen LogP contribution in [0.15, 0.2) is 24.5 Å². The van der Waals surface area contributed by atoms with Crippen LogP contribution in [-0.2, 0) is 25.6 Å². The summed E-state index contributed by atoms with van der Waals surface area (Å²) in [5, 5.41) is 2.68. The molecule has 164 valence electrons. The molecular weight excluding hydrogens is 372 g/mol. The van der Waals surface area contributed by atoms with Crippen LogP contribution in [0, 0.1) is 5.41 Å². The maximum Gasteiger partial charge on any atom is 0.407 e. The molecule has 1 N–H and O–H groups in total. The molecule has 1 aromatic rings. The highest BCUT2D eigenvalue weighted by Crippen LogP contribution is 2.26. The largest absolute Gasteiger partial charge is 0.461 e. The number of nitrogens with one attached hydrogen (secondary N) is 1. The van der Waals surface area contributed by atoms with Gasteiger partial charge in [0.1, 0.15) is 6.61 Å². The Morgan fingerprint density at radius 3 is 2.52 bits per heavy atom. The molecule has 0 aliphatic heterocycles. The van der Waals surface area contributed by atoms with Crippen LogP contribution in [0.4, 0.5) is 4.79 Å². The first-order valence-electron chi connectivity index (χ1n) is 10.4. The van der Waals surface area contributed by atoms with E-state index in [1.54, 1.807) is 12.4 Å². The van der Waals surface area contributed by atoms with E-state index in [2.05, 4.69) is 38.0 Å². The standard InChI is InChI=1S/C22H36N2O5/c1-5-22(3,4)18(2)27-16-14-24-21(26)28-15-8-6-7-9-20(25)29-17-19-10-12-23-13-11-19/h10-13,18H,5-9,14-17H2,1-4H3,(H,24,26). The highest BCUT2D eigenvalue weighted by atomic mass is 16.5. The maximum atomic E-state index is 11.7. The average Bonchev–Trinajstić information content (AvgIpc) is 2.72. The zero-order valence-electron chi connectivity index (χ0n) is 18.2. The summed E-state index contributed by atoms with van der Waals surface area (Å²) in [7, 11) is 0. The number of alkyl carbamates (subject to hydrolysis) is 1. The minimum absolute atomic E-state index is 0.117. The van der Waals surface area contributed by atoms with E-state index in [0.29, 0.717) is 39.0 Å². The van der Waals surface area contributed by atoms with E-state index >= 15 is 0 Å². The fourth-order valence-corrected chi connectivity index (χ4v) is 2.38. The Balaban J connectivity index is 1.96. The van der Waals surface area contributed by atoms with Gasteiger partial charge in [0.15, 0.2) is 0 Å². The normalized spacial score (nSPS) is 12.3. The highest BCUT2D eigenvalue weighted by molar-refractivity contribution is 5.69. The van der Waals surface area contributed by atoms with Crippen molar-refractivity contribution in [1.29, 1.82) is 0 Å². The van der Waals surface area contributed by atoms with Crippen molar-refractivity contribution in [1.82, 2.24) is 10.3 Å². The SMILES string of the molecule is CCC(C)(C)C(C)OCCNC(=O)OCCCCCC(=O)OCc1ccncc1. The molecule has 0 saturated carbocycles. The number of ether oxygens (including phenoxy) is 3. The minimum Gasteiger partial charge on any atom is -0.461 e. The Morgan fingerprint density at radius 2 is 1.83 bits per heavy atom. The Labute approximate surface area is 174 Å². The summed E-state index contributed by atoms with van der Waals surface area (Å²) in [6.45, 7) is 10.0. The molecule has 0 aromatic carbocycles. The van der Waals surface area contributed by atoms with Crippen molar-refractivity contribution in [3.8, 4) is 0 Å². The maximum absolute atomic E-state index is 11.7. The molecule has 7 nitrogen and oxygen atoms in total. The molecule has 1 heterocycles. The monoisotopic (exact) mass is 408 g/mol. The first-order valence-corrected chi connectivity index (χ1v) is 10.4. The molecule has 0 radical (unpaired) electrons. The highest BCUT2D eigenvalue weighted by Gasteiger charge is 2.24. The van der Waals surface area contributed by atoms with E-state index in [4.69, 9.17) is 14.2 Å². The third kappa shape index (κ3) is 11.4. The van der Waals surface area contributed by atoms with Gasteiger partial charge in [-0.15, -0.1) is 0 Å². The number of carbonyl (C=O) groups is 2. The summed E-state index contributed by atoms with van der Waals surface area (Å²) in [5.41, 5.74) is 1.04. The summed E-state index contributed by atoms with van der Waals surface area (Å²) in [6.07, 6.45) is 6.63. The van der Waals surface area contributed by atoms with Gasteiger partial charge in [-0.2, -0.15) is 0 Å². The van der Waals surface area contributed by atoms with Gasteiger partial charge >= 0.3 is 12.1 Å². The van der Waals surface area contributed by atoms with Crippen LogP contribution in [0.2, 0.25) is 0 Å². The Hall–Kier alpha value is -2.15. The van der Waals surface area contributed by atoms with Crippen molar-refractivity contribution in [2.24, 2.45) is 5.41 Å². The summed E-state index contributed by atoms with van der Waals surface area (Å²) >= 11 is 0. The fraction of sp³-hybridized carbons (Fsp3) is 0.682. The quantitative estimate of drug-likeness (QED) is 0.366. The zero-order valence-corrected chi connectivity index (χ0v) is 18.2. The van der Waals surface area contributed by atoms with E-state index < -0.39 is 6.09 Å². The lowest BCUT2D eigenvalue weighted by atomic mass is 9.85. The van der Waals surface area contributed by atoms with Gasteiger partial charge < -0.3 is 19.5 Å².